The Labute approximate surface area is 103 Å². The molecular formula is C14H20N2O. The van der Waals surface area contributed by atoms with E-state index >= 15 is 0 Å². The summed E-state index contributed by atoms with van der Waals surface area (Å²) >= 11 is 0. The highest BCUT2D eigenvalue weighted by molar-refractivity contribution is 5.84. The second kappa shape index (κ2) is 5.32. The van der Waals surface area contributed by atoms with Crippen molar-refractivity contribution in [3.8, 4) is 0 Å². The molecule has 1 aliphatic rings. The van der Waals surface area contributed by atoms with Crippen molar-refractivity contribution in [2.24, 2.45) is 0 Å². The van der Waals surface area contributed by atoms with Gasteiger partial charge in [-0.05, 0) is 25.3 Å². The van der Waals surface area contributed by atoms with Crippen molar-refractivity contribution >= 4 is 5.91 Å². The van der Waals surface area contributed by atoms with Crippen molar-refractivity contribution < 1.29 is 4.79 Å². The molecule has 92 valence electrons. The summed E-state index contributed by atoms with van der Waals surface area (Å²) in [5.41, 5.74) is 1.21. The van der Waals surface area contributed by atoms with Crippen LogP contribution in [0.15, 0.2) is 30.3 Å². The Hall–Kier alpha value is -1.35. The minimum Gasteiger partial charge on any atom is -0.326 e. The zero-order chi connectivity index (χ0) is 12.3. The zero-order valence-corrected chi connectivity index (χ0v) is 10.5. The third-order valence-corrected chi connectivity index (χ3v) is 3.49. The standard InChI is InChI=1S/C14H20N2O/c1-3-11(2)16-10-15-13(14(16)17)9-12-7-5-4-6-8-12/h4-8,11,13,15H,3,9-10H2,1-2H3. The summed E-state index contributed by atoms with van der Waals surface area (Å²) in [5, 5.41) is 3.30. The molecule has 1 fully saturated rings. The summed E-state index contributed by atoms with van der Waals surface area (Å²) in [6.07, 6.45) is 1.79. The average molecular weight is 232 g/mol. The topological polar surface area (TPSA) is 32.3 Å². The van der Waals surface area contributed by atoms with E-state index in [1.165, 1.54) is 5.56 Å². The van der Waals surface area contributed by atoms with Crippen LogP contribution in [0.4, 0.5) is 0 Å². The molecule has 0 aliphatic carbocycles. The van der Waals surface area contributed by atoms with E-state index in [-0.39, 0.29) is 11.9 Å². The molecule has 3 heteroatoms. The molecule has 17 heavy (non-hydrogen) atoms. The van der Waals surface area contributed by atoms with Crippen LogP contribution in [0.2, 0.25) is 0 Å². The van der Waals surface area contributed by atoms with Gasteiger partial charge < -0.3 is 4.90 Å². The number of hydrogen-bond donors (Lipinski definition) is 1. The maximum Gasteiger partial charge on any atom is 0.241 e. The minimum atomic E-state index is -0.0496. The maximum atomic E-state index is 12.2. The largest absolute Gasteiger partial charge is 0.326 e. The predicted octanol–water partition coefficient (Wildman–Crippen LogP) is 1.79. The van der Waals surface area contributed by atoms with E-state index in [0.717, 1.165) is 12.8 Å². The number of carbonyl (C=O) groups excluding carboxylic acids is 1. The van der Waals surface area contributed by atoms with Crippen molar-refractivity contribution in [3.63, 3.8) is 0 Å². The summed E-state index contributed by atoms with van der Waals surface area (Å²) in [4.78, 5) is 14.1. The number of rotatable bonds is 4. The number of nitrogens with one attached hydrogen (secondary N) is 1. The van der Waals surface area contributed by atoms with E-state index in [1.807, 2.05) is 23.1 Å². The molecule has 1 saturated heterocycles. The van der Waals surface area contributed by atoms with Crippen LogP contribution in [-0.4, -0.2) is 29.6 Å². The van der Waals surface area contributed by atoms with Crippen molar-refractivity contribution in [1.29, 1.82) is 0 Å². The molecule has 1 amide bonds. The van der Waals surface area contributed by atoms with Gasteiger partial charge in [-0.15, -0.1) is 0 Å². The highest BCUT2D eigenvalue weighted by Gasteiger charge is 2.32. The third-order valence-electron chi connectivity index (χ3n) is 3.49. The van der Waals surface area contributed by atoms with Crippen LogP contribution in [0.25, 0.3) is 0 Å². The average Bonchev–Trinajstić information content (AvgIpc) is 2.72. The number of nitrogens with zero attached hydrogens (tertiary/aromatic N) is 1. The second-order valence-corrected chi connectivity index (χ2v) is 4.67. The number of benzene rings is 1. The molecule has 1 heterocycles. The van der Waals surface area contributed by atoms with Crippen LogP contribution in [0, 0.1) is 0 Å². The van der Waals surface area contributed by atoms with Crippen molar-refractivity contribution in [2.75, 3.05) is 6.67 Å². The molecule has 0 saturated carbocycles. The smallest absolute Gasteiger partial charge is 0.241 e. The van der Waals surface area contributed by atoms with E-state index in [9.17, 15) is 4.79 Å². The molecule has 1 N–H and O–H groups in total. The summed E-state index contributed by atoms with van der Waals surface area (Å²) in [5.74, 6) is 0.239. The SMILES string of the molecule is CCC(C)N1CNC(Cc2ccccc2)C1=O. The van der Waals surface area contributed by atoms with Gasteiger partial charge in [-0.2, -0.15) is 0 Å². The number of hydrogen-bond acceptors (Lipinski definition) is 2. The van der Waals surface area contributed by atoms with Crippen LogP contribution >= 0.6 is 0 Å². The van der Waals surface area contributed by atoms with Gasteiger partial charge in [-0.1, -0.05) is 37.3 Å². The van der Waals surface area contributed by atoms with Crippen molar-refractivity contribution in [1.82, 2.24) is 10.2 Å². The van der Waals surface area contributed by atoms with E-state index in [0.29, 0.717) is 12.7 Å². The van der Waals surface area contributed by atoms with Gasteiger partial charge in [0.15, 0.2) is 0 Å². The first-order valence-corrected chi connectivity index (χ1v) is 6.30. The van der Waals surface area contributed by atoms with Gasteiger partial charge in [0.05, 0.1) is 12.7 Å². The monoisotopic (exact) mass is 232 g/mol. The summed E-state index contributed by atoms with van der Waals surface area (Å²) < 4.78 is 0. The molecule has 0 spiro atoms. The third kappa shape index (κ3) is 2.67. The fourth-order valence-electron chi connectivity index (χ4n) is 2.18. The fourth-order valence-corrected chi connectivity index (χ4v) is 2.18. The van der Waals surface area contributed by atoms with Gasteiger partial charge in [0, 0.05) is 6.04 Å². The van der Waals surface area contributed by atoms with E-state index in [1.54, 1.807) is 0 Å². The molecule has 2 unspecified atom stereocenters. The highest BCUT2D eigenvalue weighted by atomic mass is 16.2. The van der Waals surface area contributed by atoms with Crippen molar-refractivity contribution in [3.05, 3.63) is 35.9 Å². The molecule has 1 aromatic carbocycles. The Morgan fingerprint density at radius 2 is 2.12 bits per heavy atom. The Balaban J connectivity index is 1.99. The quantitative estimate of drug-likeness (QED) is 0.858. The first-order chi connectivity index (χ1) is 8.22. The van der Waals surface area contributed by atoms with Gasteiger partial charge in [0.2, 0.25) is 5.91 Å². The summed E-state index contributed by atoms with van der Waals surface area (Å²) in [7, 11) is 0. The van der Waals surface area contributed by atoms with Gasteiger partial charge in [0.25, 0.3) is 0 Å². The Bertz CT molecular complexity index is 377. The molecule has 2 atom stereocenters. The van der Waals surface area contributed by atoms with Crippen LogP contribution in [0.1, 0.15) is 25.8 Å². The molecule has 3 nitrogen and oxygen atoms in total. The highest BCUT2D eigenvalue weighted by Crippen LogP contribution is 2.14. The lowest BCUT2D eigenvalue weighted by atomic mass is 10.1. The molecular weight excluding hydrogens is 212 g/mol. The predicted molar refractivity (Wildman–Crippen MR) is 68.5 cm³/mol. The molecule has 2 rings (SSSR count). The molecule has 0 bridgehead atoms. The van der Waals surface area contributed by atoms with Gasteiger partial charge in [0.1, 0.15) is 0 Å². The minimum absolute atomic E-state index is 0.0496. The summed E-state index contributed by atoms with van der Waals surface area (Å²) in [6.45, 7) is 4.90. The number of amides is 1. The Kier molecular flexibility index (Phi) is 3.79. The van der Waals surface area contributed by atoms with Crippen molar-refractivity contribution in [2.45, 2.75) is 38.8 Å². The van der Waals surface area contributed by atoms with E-state index in [2.05, 4.69) is 31.3 Å². The van der Waals surface area contributed by atoms with Crippen LogP contribution in [0.3, 0.4) is 0 Å². The lowest BCUT2D eigenvalue weighted by Gasteiger charge is -2.22. The zero-order valence-electron chi connectivity index (χ0n) is 10.5. The van der Waals surface area contributed by atoms with Gasteiger partial charge >= 0.3 is 0 Å². The van der Waals surface area contributed by atoms with Gasteiger partial charge in [-0.3, -0.25) is 10.1 Å². The molecule has 0 aromatic heterocycles. The van der Waals surface area contributed by atoms with E-state index < -0.39 is 0 Å². The van der Waals surface area contributed by atoms with E-state index in [4.69, 9.17) is 0 Å². The Morgan fingerprint density at radius 3 is 2.76 bits per heavy atom. The molecule has 1 aromatic rings. The Morgan fingerprint density at radius 1 is 1.41 bits per heavy atom. The molecule has 0 radical (unpaired) electrons. The first kappa shape index (κ1) is 12.1. The second-order valence-electron chi connectivity index (χ2n) is 4.67. The maximum absolute atomic E-state index is 12.2. The lowest BCUT2D eigenvalue weighted by Crippen LogP contribution is -2.37. The molecule has 1 aliphatic heterocycles. The fraction of sp³-hybridized carbons (Fsp3) is 0.500. The summed E-state index contributed by atoms with van der Waals surface area (Å²) in [6, 6.07) is 10.4. The van der Waals surface area contributed by atoms with Crippen LogP contribution < -0.4 is 5.32 Å². The first-order valence-electron chi connectivity index (χ1n) is 6.30. The van der Waals surface area contributed by atoms with Gasteiger partial charge in [-0.25, -0.2) is 0 Å². The van der Waals surface area contributed by atoms with Crippen LogP contribution in [0.5, 0.6) is 0 Å². The van der Waals surface area contributed by atoms with Crippen LogP contribution in [-0.2, 0) is 11.2 Å². The lowest BCUT2D eigenvalue weighted by molar-refractivity contribution is -0.130. The number of carbonyl (C=O) groups is 1. The normalized spacial score (nSPS) is 21.9.